The molecule has 0 unspecified atom stereocenters. The standard InChI is InChI=1S/C13H11N5O/c19-9-11-7-4-8-14-13(11)18-16-12(15-17-18)10-5-2-1-3-6-10/h1-8,19H,9H2. The zero-order valence-electron chi connectivity index (χ0n) is 10.0. The van der Waals surface area contributed by atoms with Crippen LogP contribution in [0.3, 0.4) is 0 Å². The van der Waals surface area contributed by atoms with Crippen LogP contribution in [0.1, 0.15) is 5.56 Å². The monoisotopic (exact) mass is 253 g/mol. The maximum Gasteiger partial charge on any atom is 0.205 e. The molecule has 3 rings (SSSR count). The SMILES string of the molecule is OCc1cccnc1-n1nnc(-c2ccccc2)n1. The molecule has 0 aliphatic rings. The van der Waals surface area contributed by atoms with Crippen molar-refractivity contribution in [1.82, 2.24) is 25.2 Å². The zero-order chi connectivity index (χ0) is 13.1. The highest BCUT2D eigenvalue weighted by Gasteiger charge is 2.10. The Balaban J connectivity index is 2.02. The summed E-state index contributed by atoms with van der Waals surface area (Å²) in [7, 11) is 0. The Labute approximate surface area is 109 Å². The molecule has 19 heavy (non-hydrogen) atoms. The number of nitrogens with zero attached hydrogens (tertiary/aromatic N) is 5. The van der Waals surface area contributed by atoms with Gasteiger partial charge in [-0.05, 0) is 11.3 Å². The number of benzene rings is 1. The molecule has 0 bridgehead atoms. The van der Waals surface area contributed by atoms with Gasteiger partial charge in [0.2, 0.25) is 5.82 Å². The highest BCUT2D eigenvalue weighted by Crippen LogP contribution is 2.14. The van der Waals surface area contributed by atoms with Gasteiger partial charge in [0.15, 0.2) is 5.82 Å². The van der Waals surface area contributed by atoms with Gasteiger partial charge in [-0.1, -0.05) is 36.4 Å². The minimum Gasteiger partial charge on any atom is -0.392 e. The van der Waals surface area contributed by atoms with E-state index in [-0.39, 0.29) is 6.61 Å². The van der Waals surface area contributed by atoms with Gasteiger partial charge in [0, 0.05) is 17.3 Å². The van der Waals surface area contributed by atoms with Gasteiger partial charge in [0.1, 0.15) is 0 Å². The lowest BCUT2D eigenvalue weighted by atomic mass is 10.2. The summed E-state index contributed by atoms with van der Waals surface area (Å²) in [5.74, 6) is 1.01. The van der Waals surface area contributed by atoms with Crippen molar-refractivity contribution in [2.75, 3.05) is 0 Å². The fourth-order valence-corrected chi connectivity index (χ4v) is 1.74. The first kappa shape index (κ1) is 11.5. The van der Waals surface area contributed by atoms with E-state index < -0.39 is 0 Å². The van der Waals surface area contributed by atoms with E-state index in [0.717, 1.165) is 5.56 Å². The Morgan fingerprint density at radius 3 is 2.68 bits per heavy atom. The second kappa shape index (κ2) is 4.95. The van der Waals surface area contributed by atoms with Crippen molar-refractivity contribution in [1.29, 1.82) is 0 Å². The van der Waals surface area contributed by atoms with Crippen molar-refractivity contribution in [2.24, 2.45) is 0 Å². The van der Waals surface area contributed by atoms with Crippen molar-refractivity contribution in [2.45, 2.75) is 6.61 Å². The molecule has 1 N–H and O–H groups in total. The van der Waals surface area contributed by atoms with Crippen LogP contribution in [0.5, 0.6) is 0 Å². The number of aromatic nitrogens is 5. The first-order valence-electron chi connectivity index (χ1n) is 5.79. The Morgan fingerprint density at radius 1 is 1.05 bits per heavy atom. The van der Waals surface area contributed by atoms with Gasteiger partial charge in [-0.15, -0.1) is 15.0 Å². The molecule has 1 aromatic carbocycles. The molecule has 0 aliphatic carbocycles. The lowest BCUT2D eigenvalue weighted by Gasteiger charge is -2.02. The van der Waals surface area contributed by atoms with Crippen LogP contribution in [-0.4, -0.2) is 30.3 Å². The largest absolute Gasteiger partial charge is 0.392 e. The normalized spacial score (nSPS) is 10.6. The lowest BCUT2D eigenvalue weighted by molar-refractivity contribution is 0.280. The van der Waals surface area contributed by atoms with Crippen molar-refractivity contribution < 1.29 is 5.11 Å². The number of hydrogen-bond donors (Lipinski definition) is 1. The smallest absolute Gasteiger partial charge is 0.205 e. The number of hydrogen-bond acceptors (Lipinski definition) is 5. The molecule has 94 valence electrons. The molecule has 0 fully saturated rings. The summed E-state index contributed by atoms with van der Waals surface area (Å²) in [6.45, 7) is -0.120. The van der Waals surface area contributed by atoms with E-state index in [2.05, 4.69) is 20.4 Å². The van der Waals surface area contributed by atoms with Crippen LogP contribution in [0.4, 0.5) is 0 Å². The number of tetrazole rings is 1. The van der Waals surface area contributed by atoms with Crippen molar-refractivity contribution >= 4 is 0 Å². The predicted octanol–water partition coefficient (Wildman–Crippen LogP) is 1.22. The molecule has 6 nitrogen and oxygen atoms in total. The van der Waals surface area contributed by atoms with Crippen molar-refractivity contribution in [3.8, 4) is 17.2 Å². The molecule has 6 heteroatoms. The van der Waals surface area contributed by atoms with Crippen LogP contribution in [0, 0.1) is 0 Å². The molecular formula is C13H11N5O. The third-order valence-electron chi connectivity index (χ3n) is 2.67. The first-order chi connectivity index (χ1) is 9.38. The van der Waals surface area contributed by atoms with Crippen molar-refractivity contribution in [3.05, 3.63) is 54.2 Å². The van der Waals surface area contributed by atoms with Gasteiger partial charge in [-0.2, -0.15) is 0 Å². The minimum atomic E-state index is -0.120. The van der Waals surface area contributed by atoms with E-state index >= 15 is 0 Å². The van der Waals surface area contributed by atoms with Crippen LogP contribution in [0.2, 0.25) is 0 Å². The van der Waals surface area contributed by atoms with Crippen LogP contribution in [0.25, 0.3) is 17.2 Å². The van der Waals surface area contributed by atoms with Gasteiger partial charge in [-0.3, -0.25) is 0 Å². The van der Waals surface area contributed by atoms with Gasteiger partial charge >= 0.3 is 0 Å². The summed E-state index contributed by atoms with van der Waals surface area (Å²) >= 11 is 0. The molecule has 0 saturated heterocycles. The topological polar surface area (TPSA) is 76.7 Å². The van der Waals surface area contributed by atoms with E-state index in [1.165, 1.54) is 4.80 Å². The molecule has 2 heterocycles. The zero-order valence-corrected chi connectivity index (χ0v) is 10.0. The van der Waals surface area contributed by atoms with E-state index in [1.54, 1.807) is 18.3 Å². The van der Waals surface area contributed by atoms with Gasteiger partial charge in [0.05, 0.1) is 6.61 Å². The Kier molecular flexibility index (Phi) is 2.99. The molecule has 0 spiro atoms. The number of rotatable bonds is 3. The van der Waals surface area contributed by atoms with Gasteiger partial charge in [0.25, 0.3) is 0 Å². The van der Waals surface area contributed by atoms with E-state index in [1.807, 2.05) is 30.3 Å². The van der Waals surface area contributed by atoms with Crippen LogP contribution < -0.4 is 0 Å². The highest BCUT2D eigenvalue weighted by molar-refractivity contribution is 5.53. The summed E-state index contributed by atoms with van der Waals surface area (Å²) in [5.41, 5.74) is 1.54. The van der Waals surface area contributed by atoms with Crippen molar-refractivity contribution in [3.63, 3.8) is 0 Å². The van der Waals surface area contributed by atoms with Crippen LogP contribution >= 0.6 is 0 Å². The summed E-state index contributed by atoms with van der Waals surface area (Å²) in [5, 5.41) is 21.5. The second-order valence-electron chi connectivity index (χ2n) is 3.91. The first-order valence-corrected chi connectivity index (χ1v) is 5.79. The average molecular weight is 253 g/mol. The summed E-state index contributed by atoms with van der Waals surface area (Å²) in [4.78, 5) is 5.49. The van der Waals surface area contributed by atoms with Gasteiger partial charge in [-0.25, -0.2) is 4.98 Å². The second-order valence-corrected chi connectivity index (χ2v) is 3.91. The number of aliphatic hydroxyl groups excluding tert-OH is 1. The molecular weight excluding hydrogens is 242 g/mol. The van der Waals surface area contributed by atoms with E-state index in [9.17, 15) is 5.11 Å². The Bertz CT molecular complexity index is 680. The molecule has 2 aromatic heterocycles. The molecule has 0 aliphatic heterocycles. The fourth-order valence-electron chi connectivity index (χ4n) is 1.74. The molecule has 0 atom stereocenters. The van der Waals surface area contributed by atoms with Crippen LogP contribution in [0.15, 0.2) is 48.7 Å². The predicted molar refractivity (Wildman–Crippen MR) is 68.3 cm³/mol. The summed E-state index contributed by atoms with van der Waals surface area (Å²) in [6.07, 6.45) is 1.63. The van der Waals surface area contributed by atoms with E-state index in [4.69, 9.17) is 0 Å². The molecule has 0 saturated carbocycles. The Hall–Kier alpha value is -2.60. The summed E-state index contributed by atoms with van der Waals surface area (Å²) < 4.78 is 0. The Morgan fingerprint density at radius 2 is 1.89 bits per heavy atom. The maximum absolute atomic E-state index is 9.27. The maximum atomic E-state index is 9.27. The van der Waals surface area contributed by atoms with Crippen LogP contribution in [-0.2, 0) is 6.61 Å². The molecule has 0 amide bonds. The summed E-state index contributed by atoms with van der Waals surface area (Å²) in [6, 6.07) is 13.1. The van der Waals surface area contributed by atoms with Gasteiger partial charge < -0.3 is 5.11 Å². The fraction of sp³-hybridized carbons (Fsp3) is 0.0769. The number of pyridine rings is 1. The number of aliphatic hydroxyl groups is 1. The quantitative estimate of drug-likeness (QED) is 0.759. The highest BCUT2D eigenvalue weighted by atomic mass is 16.3. The van der Waals surface area contributed by atoms with E-state index in [0.29, 0.717) is 17.2 Å². The third kappa shape index (κ3) is 2.21. The molecule has 3 aromatic rings. The third-order valence-corrected chi connectivity index (χ3v) is 2.67. The lowest BCUT2D eigenvalue weighted by Crippen LogP contribution is -2.06. The average Bonchev–Trinajstić information content (AvgIpc) is 2.98. The molecule has 0 radical (unpaired) electrons. The minimum absolute atomic E-state index is 0.120.